The maximum atomic E-state index is 9.16. The normalized spacial score (nSPS) is 11.6. The lowest BCUT2D eigenvalue weighted by atomic mass is 9.95. The lowest BCUT2D eigenvalue weighted by Gasteiger charge is -2.22. The molecule has 0 aliphatic heterocycles. The quantitative estimate of drug-likeness (QED) is 0.848. The Labute approximate surface area is 111 Å². The zero-order valence-electron chi connectivity index (χ0n) is 10.6. The fourth-order valence-electron chi connectivity index (χ4n) is 1.41. The number of aliphatic hydroxyl groups excluding tert-OH is 1. The second-order valence-corrected chi connectivity index (χ2v) is 5.74. The van der Waals surface area contributed by atoms with Gasteiger partial charge in [0.05, 0.1) is 7.11 Å². The van der Waals surface area contributed by atoms with Crippen LogP contribution < -0.4 is 10.1 Å². The van der Waals surface area contributed by atoms with Crippen LogP contribution in [-0.2, 0) is 6.54 Å². The third kappa shape index (κ3) is 4.66. The highest BCUT2D eigenvalue weighted by molar-refractivity contribution is 9.10. The molecule has 0 saturated carbocycles. The summed E-state index contributed by atoms with van der Waals surface area (Å²) in [4.78, 5) is 0. The topological polar surface area (TPSA) is 41.5 Å². The Kier molecular flexibility index (Phi) is 5.43. The lowest BCUT2D eigenvalue weighted by molar-refractivity contribution is 0.156. The van der Waals surface area contributed by atoms with Crippen molar-refractivity contribution in [3.63, 3.8) is 0 Å². The standard InChI is InChI=1S/C13H20BrNO2/c1-13(2,9-16)8-15-7-10-6-11(17-3)4-5-12(10)14/h4-6,15-16H,7-9H2,1-3H3. The Morgan fingerprint density at radius 3 is 2.71 bits per heavy atom. The SMILES string of the molecule is COc1ccc(Br)c(CNCC(C)(C)CO)c1. The number of methoxy groups -OCH3 is 1. The van der Waals surface area contributed by atoms with Crippen LogP contribution in [0.25, 0.3) is 0 Å². The molecule has 0 aromatic heterocycles. The Morgan fingerprint density at radius 2 is 2.12 bits per heavy atom. The predicted molar refractivity (Wildman–Crippen MR) is 73.3 cm³/mol. The minimum absolute atomic E-state index is 0.0919. The van der Waals surface area contributed by atoms with Gasteiger partial charge in [0.1, 0.15) is 5.75 Å². The van der Waals surface area contributed by atoms with Crippen molar-refractivity contribution in [2.45, 2.75) is 20.4 Å². The minimum atomic E-state index is -0.0919. The van der Waals surface area contributed by atoms with Gasteiger partial charge in [-0.25, -0.2) is 0 Å². The molecule has 0 radical (unpaired) electrons. The van der Waals surface area contributed by atoms with Gasteiger partial charge < -0.3 is 15.2 Å². The summed E-state index contributed by atoms with van der Waals surface area (Å²) in [5.74, 6) is 0.853. The van der Waals surface area contributed by atoms with E-state index in [0.717, 1.165) is 28.9 Å². The fourth-order valence-corrected chi connectivity index (χ4v) is 1.79. The molecule has 0 aliphatic carbocycles. The number of aliphatic hydroxyl groups is 1. The van der Waals surface area contributed by atoms with Gasteiger partial charge in [-0.1, -0.05) is 29.8 Å². The molecule has 0 unspecified atom stereocenters. The first kappa shape index (κ1) is 14.5. The molecule has 0 spiro atoms. The molecule has 0 atom stereocenters. The molecular formula is C13H20BrNO2. The molecule has 0 bridgehead atoms. The zero-order valence-corrected chi connectivity index (χ0v) is 12.2. The van der Waals surface area contributed by atoms with Gasteiger partial charge in [-0.15, -0.1) is 0 Å². The van der Waals surface area contributed by atoms with Gasteiger partial charge in [-0.05, 0) is 23.8 Å². The molecule has 0 heterocycles. The summed E-state index contributed by atoms with van der Waals surface area (Å²) in [5.41, 5.74) is 1.06. The van der Waals surface area contributed by atoms with Gasteiger partial charge in [0, 0.05) is 29.6 Å². The third-order valence-corrected chi connectivity index (χ3v) is 3.37. The second kappa shape index (κ2) is 6.38. The summed E-state index contributed by atoms with van der Waals surface area (Å²) in [7, 11) is 1.66. The Hall–Kier alpha value is -0.580. The summed E-state index contributed by atoms with van der Waals surface area (Å²) in [6.45, 7) is 5.76. The maximum absolute atomic E-state index is 9.16. The van der Waals surface area contributed by atoms with Gasteiger partial charge in [0.25, 0.3) is 0 Å². The first-order valence-corrected chi connectivity index (χ1v) is 6.42. The molecule has 0 aliphatic rings. The Bertz CT molecular complexity index is 366. The summed E-state index contributed by atoms with van der Waals surface area (Å²) in [5, 5.41) is 12.5. The second-order valence-electron chi connectivity index (χ2n) is 4.88. The van der Waals surface area contributed by atoms with Gasteiger partial charge >= 0.3 is 0 Å². The van der Waals surface area contributed by atoms with E-state index >= 15 is 0 Å². The molecule has 3 nitrogen and oxygen atoms in total. The number of nitrogens with one attached hydrogen (secondary N) is 1. The van der Waals surface area contributed by atoms with E-state index in [2.05, 4.69) is 21.2 Å². The smallest absolute Gasteiger partial charge is 0.119 e. The highest BCUT2D eigenvalue weighted by atomic mass is 79.9. The first-order valence-electron chi connectivity index (χ1n) is 5.62. The van der Waals surface area contributed by atoms with Crippen LogP contribution >= 0.6 is 15.9 Å². The van der Waals surface area contributed by atoms with Crippen LogP contribution in [0.2, 0.25) is 0 Å². The van der Waals surface area contributed by atoms with Crippen LogP contribution in [0.3, 0.4) is 0 Å². The van der Waals surface area contributed by atoms with Crippen molar-refractivity contribution in [1.29, 1.82) is 0 Å². The average molecular weight is 302 g/mol. The molecule has 1 aromatic rings. The number of benzene rings is 1. The molecule has 1 rings (SSSR count). The highest BCUT2D eigenvalue weighted by Crippen LogP contribution is 2.22. The van der Waals surface area contributed by atoms with Crippen LogP contribution in [0.5, 0.6) is 5.75 Å². The van der Waals surface area contributed by atoms with Gasteiger partial charge in [-0.2, -0.15) is 0 Å². The number of rotatable bonds is 6. The minimum Gasteiger partial charge on any atom is -0.497 e. The van der Waals surface area contributed by atoms with Crippen molar-refractivity contribution in [1.82, 2.24) is 5.32 Å². The summed E-state index contributed by atoms with van der Waals surface area (Å²) >= 11 is 3.51. The van der Waals surface area contributed by atoms with Crippen molar-refractivity contribution in [3.8, 4) is 5.75 Å². The van der Waals surface area contributed by atoms with E-state index in [-0.39, 0.29) is 12.0 Å². The first-order chi connectivity index (χ1) is 7.98. The summed E-state index contributed by atoms with van der Waals surface area (Å²) < 4.78 is 6.25. The zero-order chi connectivity index (χ0) is 12.9. The number of ether oxygens (including phenoxy) is 1. The number of halogens is 1. The molecule has 4 heteroatoms. The summed E-state index contributed by atoms with van der Waals surface area (Å²) in [6.07, 6.45) is 0. The van der Waals surface area contributed by atoms with Crippen molar-refractivity contribution >= 4 is 15.9 Å². The largest absolute Gasteiger partial charge is 0.497 e. The molecule has 2 N–H and O–H groups in total. The lowest BCUT2D eigenvalue weighted by Crippen LogP contribution is -2.31. The van der Waals surface area contributed by atoms with E-state index in [9.17, 15) is 0 Å². The van der Waals surface area contributed by atoms with Crippen LogP contribution in [-0.4, -0.2) is 25.4 Å². The molecule has 0 amide bonds. The molecule has 0 fully saturated rings. The van der Waals surface area contributed by atoms with E-state index in [1.54, 1.807) is 7.11 Å². The van der Waals surface area contributed by atoms with E-state index in [1.165, 1.54) is 0 Å². The van der Waals surface area contributed by atoms with Crippen molar-refractivity contribution in [2.24, 2.45) is 5.41 Å². The Balaban J connectivity index is 2.57. The number of hydrogen-bond acceptors (Lipinski definition) is 3. The molecule has 17 heavy (non-hydrogen) atoms. The highest BCUT2D eigenvalue weighted by Gasteiger charge is 2.15. The van der Waals surface area contributed by atoms with E-state index in [0.29, 0.717) is 0 Å². The maximum Gasteiger partial charge on any atom is 0.119 e. The predicted octanol–water partition coefficient (Wildman–Crippen LogP) is 2.57. The van der Waals surface area contributed by atoms with Crippen LogP contribution in [0, 0.1) is 5.41 Å². The Morgan fingerprint density at radius 1 is 1.41 bits per heavy atom. The van der Waals surface area contributed by atoms with Crippen LogP contribution in [0.4, 0.5) is 0 Å². The van der Waals surface area contributed by atoms with Crippen molar-refractivity contribution in [3.05, 3.63) is 28.2 Å². The molecule has 0 saturated heterocycles. The fraction of sp³-hybridized carbons (Fsp3) is 0.538. The molecular weight excluding hydrogens is 282 g/mol. The molecule has 96 valence electrons. The van der Waals surface area contributed by atoms with Gasteiger partial charge in [-0.3, -0.25) is 0 Å². The average Bonchev–Trinajstić information content (AvgIpc) is 2.31. The number of hydrogen-bond donors (Lipinski definition) is 2. The van der Waals surface area contributed by atoms with Gasteiger partial charge in [0.15, 0.2) is 0 Å². The van der Waals surface area contributed by atoms with E-state index in [4.69, 9.17) is 9.84 Å². The van der Waals surface area contributed by atoms with E-state index in [1.807, 2.05) is 32.0 Å². The monoisotopic (exact) mass is 301 g/mol. The van der Waals surface area contributed by atoms with Gasteiger partial charge in [0.2, 0.25) is 0 Å². The van der Waals surface area contributed by atoms with Crippen LogP contribution in [0.1, 0.15) is 19.4 Å². The van der Waals surface area contributed by atoms with Crippen LogP contribution in [0.15, 0.2) is 22.7 Å². The van der Waals surface area contributed by atoms with Crippen molar-refractivity contribution < 1.29 is 9.84 Å². The third-order valence-electron chi connectivity index (χ3n) is 2.60. The van der Waals surface area contributed by atoms with E-state index < -0.39 is 0 Å². The molecule has 1 aromatic carbocycles. The summed E-state index contributed by atoms with van der Waals surface area (Å²) in [6, 6.07) is 5.90. The van der Waals surface area contributed by atoms with Crippen molar-refractivity contribution in [2.75, 3.05) is 20.3 Å².